The van der Waals surface area contributed by atoms with Crippen LogP contribution in [0.5, 0.6) is 0 Å². The number of hydrogen-bond acceptors (Lipinski definition) is 6. The quantitative estimate of drug-likeness (QED) is 0.263. The fourth-order valence-corrected chi connectivity index (χ4v) is 5.54. The summed E-state index contributed by atoms with van der Waals surface area (Å²) in [4.78, 5) is 33.3. The number of hydrogen-bond donors (Lipinski definition) is 0. The monoisotopic (exact) mass is 412 g/mol. The standard InChI is InChI=1S/C20H16N2O2S3/c1-12-8-9-16(26-12)15(23)11-25-20-21-18-14(19(24)22(20)2)10-17(27-18)13-6-4-3-5-7-13/h3-10H,11H2,1-2H3. The lowest BCUT2D eigenvalue weighted by molar-refractivity contribution is 0.102. The molecule has 4 aromatic rings. The van der Waals surface area contributed by atoms with Crippen LogP contribution in [-0.2, 0) is 7.05 Å². The first-order valence-corrected chi connectivity index (χ1v) is 10.9. The highest BCUT2D eigenvalue weighted by Gasteiger charge is 2.15. The van der Waals surface area contributed by atoms with Gasteiger partial charge >= 0.3 is 0 Å². The van der Waals surface area contributed by atoms with Crippen molar-refractivity contribution in [2.75, 3.05) is 5.75 Å². The molecule has 0 fully saturated rings. The van der Waals surface area contributed by atoms with Crippen LogP contribution in [0.4, 0.5) is 0 Å². The molecule has 7 heteroatoms. The summed E-state index contributed by atoms with van der Waals surface area (Å²) in [7, 11) is 1.71. The van der Waals surface area contributed by atoms with Crippen molar-refractivity contribution >= 4 is 50.4 Å². The zero-order valence-electron chi connectivity index (χ0n) is 14.8. The Morgan fingerprint density at radius 3 is 2.63 bits per heavy atom. The van der Waals surface area contributed by atoms with Crippen LogP contribution in [0, 0.1) is 6.92 Å². The van der Waals surface area contributed by atoms with Gasteiger partial charge in [0.1, 0.15) is 4.83 Å². The number of carbonyl (C=O) groups excluding carboxylic acids is 1. The first kappa shape index (κ1) is 18.2. The molecular formula is C20H16N2O2S3. The van der Waals surface area contributed by atoms with Crippen LogP contribution in [-0.4, -0.2) is 21.1 Å². The first-order chi connectivity index (χ1) is 13.0. The number of thiophene rings is 2. The Kier molecular flexibility index (Phi) is 4.99. The van der Waals surface area contributed by atoms with Crippen molar-refractivity contribution in [2.24, 2.45) is 7.05 Å². The third-order valence-electron chi connectivity index (χ3n) is 4.14. The summed E-state index contributed by atoms with van der Waals surface area (Å²) in [6.07, 6.45) is 0. The molecule has 3 heterocycles. The van der Waals surface area contributed by atoms with E-state index in [0.717, 1.165) is 20.2 Å². The number of carbonyl (C=O) groups is 1. The smallest absolute Gasteiger partial charge is 0.262 e. The molecule has 0 aliphatic heterocycles. The number of fused-ring (bicyclic) bond motifs is 1. The van der Waals surface area contributed by atoms with E-state index < -0.39 is 0 Å². The second kappa shape index (κ2) is 7.42. The van der Waals surface area contributed by atoms with Gasteiger partial charge in [-0.05, 0) is 30.7 Å². The molecule has 3 aromatic heterocycles. The van der Waals surface area contributed by atoms with Gasteiger partial charge in [0.15, 0.2) is 10.9 Å². The Morgan fingerprint density at radius 2 is 1.93 bits per heavy atom. The minimum absolute atomic E-state index is 0.0589. The largest absolute Gasteiger partial charge is 0.292 e. The van der Waals surface area contributed by atoms with E-state index in [1.807, 2.05) is 55.5 Å². The van der Waals surface area contributed by atoms with E-state index >= 15 is 0 Å². The van der Waals surface area contributed by atoms with Crippen LogP contribution < -0.4 is 5.56 Å². The van der Waals surface area contributed by atoms with Gasteiger partial charge in [-0.3, -0.25) is 14.2 Å². The summed E-state index contributed by atoms with van der Waals surface area (Å²) in [6, 6.07) is 15.7. The van der Waals surface area contributed by atoms with Crippen molar-refractivity contribution in [1.29, 1.82) is 0 Å². The highest BCUT2D eigenvalue weighted by Crippen LogP contribution is 2.32. The highest BCUT2D eigenvalue weighted by atomic mass is 32.2. The summed E-state index contributed by atoms with van der Waals surface area (Å²) in [5, 5.41) is 1.18. The lowest BCUT2D eigenvalue weighted by Gasteiger charge is -2.05. The second-order valence-electron chi connectivity index (χ2n) is 6.08. The molecule has 0 N–H and O–H groups in total. The van der Waals surface area contributed by atoms with Gasteiger partial charge in [-0.1, -0.05) is 42.1 Å². The number of rotatable bonds is 5. The van der Waals surface area contributed by atoms with Gasteiger partial charge in [0.2, 0.25) is 0 Å². The number of aryl methyl sites for hydroxylation is 1. The lowest BCUT2D eigenvalue weighted by Crippen LogP contribution is -2.19. The van der Waals surface area contributed by atoms with Gasteiger partial charge in [-0.2, -0.15) is 0 Å². The molecule has 4 rings (SSSR count). The van der Waals surface area contributed by atoms with Gasteiger partial charge in [0, 0.05) is 16.8 Å². The van der Waals surface area contributed by atoms with E-state index in [2.05, 4.69) is 4.98 Å². The zero-order valence-corrected chi connectivity index (χ0v) is 17.2. The zero-order chi connectivity index (χ0) is 19.0. The fourth-order valence-electron chi connectivity index (χ4n) is 2.71. The normalized spacial score (nSPS) is 11.2. The minimum Gasteiger partial charge on any atom is -0.292 e. The molecule has 0 bridgehead atoms. The van der Waals surface area contributed by atoms with Crippen LogP contribution in [0.3, 0.4) is 0 Å². The van der Waals surface area contributed by atoms with Gasteiger partial charge in [0.25, 0.3) is 5.56 Å². The molecule has 0 aliphatic carbocycles. The average molecular weight is 413 g/mol. The molecule has 0 saturated carbocycles. The van der Waals surface area contributed by atoms with E-state index in [9.17, 15) is 9.59 Å². The van der Waals surface area contributed by atoms with E-state index in [0.29, 0.717) is 15.4 Å². The number of nitrogens with zero attached hydrogens (tertiary/aromatic N) is 2. The van der Waals surface area contributed by atoms with Crippen LogP contribution in [0.1, 0.15) is 14.5 Å². The molecule has 0 radical (unpaired) electrons. The average Bonchev–Trinajstić information content (AvgIpc) is 3.30. The minimum atomic E-state index is -0.0830. The van der Waals surface area contributed by atoms with Crippen LogP contribution in [0.15, 0.2) is 58.5 Å². The second-order valence-corrected chi connectivity index (χ2v) is 9.34. The maximum absolute atomic E-state index is 12.7. The molecule has 1 aromatic carbocycles. The van der Waals surface area contributed by atoms with E-state index in [4.69, 9.17) is 0 Å². The number of Topliss-reactive ketones (excluding diaryl/α,β-unsaturated/α-hetero) is 1. The van der Waals surface area contributed by atoms with Crippen molar-refractivity contribution < 1.29 is 4.79 Å². The van der Waals surface area contributed by atoms with Gasteiger partial charge in [0.05, 0.1) is 16.0 Å². The number of aromatic nitrogens is 2. The molecule has 0 unspecified atom stereocenters. The number of thioether (sulfide) groups is 1. The van der Waals surface area contributed by atoms with Gasteiger partial charge in [-0.15, -0.1) is 22.7 Å². The summed E-state index contributed by atoms with van der Waals surface area (Å²) < 4.78 is 1.53. The first-order valence-electron chi connectivity index (χ1n) is 8.31. The molecule has 0 amide bonds. The maximum atomic E-state index is 12.7. The Hall–Kier alpha value is -2.22. The maximum Gasteiger partial charge on any atom is 0.262 e. The van der Waals surface area contributed by atoms with Gasteiger partial charge in [-0.25, -0.2) is 4.98 Å². The predicted octanol–water partition coefficient (Wildman–Crippen LogP) is 5.01. The van der Waals surface area contributed by atoms with E-state index in [1.165, 1.54) is 39.0 Å². The molecule has 0 aliphatic rings. The topological polar surface area (TPSA) is 52.0 Å². The highest BCUT2D eigenvalue weighted by molar-refractivity contribution is 7.99. The Morgan fingerprint density at radius 1 is 1.15 bits per heavy atom. The molecular weight excluding hydrogens is 396 g/mol. The van der Waals surface area contributed by atoms with Crippen molar-refractivity contribution in [1.82, 2.24) is 9.55 Å². The molecule has 136 valence electrons. The SMILES string of the molecule is Cc1ccc(C(=O)CSc2nc3sc(-c4ccccc4)cc3c(=O)n2C)s1. The van der Waals surface area contributed by atoms with Crippen molar-refractivity contribution in [3.63, 3.8) is 0 Å². The third kappa shape index (κ3) is 3.63. The lowest BCUT2D eigenvalue weighted by atomic mass is 10.2. The van der Waals surface area contributed by atoms with Crippen LogP contribution in [0.25, 0.3) is 20.7 Å². The number of benzene rings is 1. The molecule has 0 saturated heterocycles. The number of ketones is 1. The Bertz CT molecular complexity index is 1190. The fraction of sp³-hybridized carbons (Fsp3) is 0.150. The molecule has 0 atom stereocenters. The van der Waals surface area contributed by atoms with Crippen LogP contribution >= 0.6 is 34.4 Å². The molecule has 0 spiro atoms. The summed E-state index contributed by atoms with van der Waals surface area (Å²) >= 11 is 4.30. The van der Waals surface area contributed by atoms with Crippen molar-refractivity contribution in [2.45, 2.75) is 12.1 Å². The summed E-state index contributed by atoms with van der Waals surface area (Å²) in [6.45, 7) is 1.98. The van der Waals surface area contributed by atoms with E-state index in [-0.39, 0.29) is 17.1 Å². The van der Waals surface area contributed by atoms with Gasteiger partial charge < -0.3 is 0 Å². The molecule has 27 heavy (non-hydrogen) atoms. The van der Waals surface area contributed by atoms with Crippen molar-refractivity contribution in [3.05, 3.63) is 68.6 Å². The Balaban J connectivity index is 1.64. The van der Waals surface area contributed by atoms with Crippen molar-refractivity contribution in [3.8, 4) is 10.4 Å². The third-order valence-corrected chi connectivity index (χ3v) is 7.29. The summed E-state index contributed by atoms with van der Waals surface area (Å²) in [5.41, 5.74) is 0.986. The van der Waals surface area contributed by atoms with E-state index in [1.54, 1.807) is 7.05 Å². The summed E-state index contributed by atoms with van der Waals surface area (Å²) in [5.74, 6) is 0.325. The predicted molar refractivity (Wildman–Crippen MR) is 114 cm³/mol. The molecule has 4 nitrogen and oxygen atoms in total. The Labute approximate surface area is 168 Å². The van der Waals surface area contributed by atoms with Crippen LogP contribution in [0.2, 0.25) is 0 Å².